The Labute approximate surface area is 172 Å². The van der Waals surface area contributed by atoms with Gasteiger partial charge in [-0.1, -0.05) is 5.16 Å². The van der Waals surface area contributed by atoms with E-state index >= 15 is 0 Å². The van der Waals surface area contributed by atoms with Crippen molar-refractivity contribution in [1.29, 1.82) is 0 Å². The zero-order chi connectivity index (χ0) is 20.5. The summed E-state index contributed by atoms with van der Waals surface area (Å²) >= 11 is 0. The van der Waals surface area contributed by atoms with E-state index in [0.717, 1.165) is 44.3 Å². The van der Waals surface area contributed by atoms with Crippen LogP contribution in [0.5, 0.6) is 0 Å². The Morgan fingerprint density at radius 3 is 2.80 bits per heavy atom. The number of hydrogen-bond donors (Lipinski definition) is 2. The van der Waals surface area contributed by atoms with E-state index in [-0.39, 0.29) is 30.3 Å². The zero-order valence-corrected chi connectivity index (χ0v) is 16.5. The van der Waals surface area contributed by atoms with Crippen LogP contribution in [0.1, 0.15) is 66.5 Å². The van der Waals surface area contributed by atoms with Crippen molar-refractivity contribution in [1.82, 2.24) is 35.4 Å². The summed E-state index contributed by atoms with van der Waals surface area (Å²) < 4.78 is 6.81. The van der Waals surface area contributed by atoms with E-state index in [1.165, 1.54) is 6.33 Å². The molecule has 30 heavy (non-hydrogen) atoms. The quantitative estimate of drug-likeness (QED) is 0.633. The molecule has 0 bridgehead atoms. The van der Waals surface area contributed by atoms with Crippen molar-refractivity contribution in [3.8, 4) is 0 Å². The second kappa shape index (κ2) is 7.85. The van der Waals surface area contributed by atoms with Gasteiger partial charge in [0.2, 0.25) is 11.8 Å². The van der Waals surface area contributed by atoms with Crippen LogP contribution in [0.3, 0.4) is 0 Å². The van der Waals surface area contributed by atoms with Crippen LogP contribution in [0.25, 0.3) is 5.65 Å². The summed E-state index contributed by atoms with van der Waals surface area (Å²) in [6.07, 6.45) is 8.39. The van der Waals surface area contributed by atoms with Crippen molar-refractivity contribution in [3.63, 3.8) is 0 Å². The monoisotopic (exact) mass is 409 g/mol. The van der Waals surface area contributed by atoms with Crippen LogP contribution in [-0.4, -0.2) is 42.6 Å². The number of hydrogen-bond acceptors (Lipinski definition) is 7. The number of carbonyl (C=O) groups excluding carboxylic acids is 2. The summed E-state index contributed by atoms with van der Waals surface area (Å²) in [7, 11) is 0. The Morgan fingerprint density at radius 2 is 2.00 bits per heavy atom. The molecule has 3 heterocycles. The highest BCUT2D eigenvalue weighted by atomic mass is 16.5. The van der Waals surface area contributed by atoms with E-state index in [9.17, 15) is 9.59 Å². The van der Waals surface area contributed by atoms with Gasteiger partial charge in [-0.2, -0.15) is 10.1 Å². The number of carbonyl (C=O) groups is 2. The molecule has 2 saturated carbocycles. The van der Waals surface area contributed by atoms with Gasteiger partial charge < -0.3 is 15.2 Å². The molecule has 0 unspecified atom stereocenters. The minimum Gasteiger partial charge on any atom is -0.349 e. The minimum atomic E-state index is -0.128. The van der Waals surface area contributed by atoms with Gasteiger partial charge in [0.15, 0.2) is 11.5 Å². The van der Waals surface area contributed by atoms with Gasteiger partial charge in [0, 0.05) is 29.6 Å². The van der Waals surface area contributed by atoms with Gasteiger partial charge in [0.25, 0.3) is 5.91 Å². The van der Waals surface area contributed by atoms with Crippen LogP contribution in [0, 0.1) is 5.92 Å². The lowest BCUT2D eigenvalue weighted by Gasteiger charge is -2.28. The summed E-state index contributed by atoms with van der Waals surface area (Å²) in [5.74, 6) is 1.45. The average Bonchev–Trinajstić information content (AvgIpc) is 3.32. The van der Waals surface area contributed by atoms with E-state index < -0.39 is 0 Å². The van der Waals surface area contributed by atoms with E-state index in [1.807, 2.05) is 0 Å². The summed E-state index contributed by atoms with van der Waals surface area (Å²) in [5.41, 5.74) is 1.19. The highest BCUT2D eigenvalue weighted by molar-refractivity contribution is 5.95. The number of nitrogens with zero attached hydrogens (tertiary/aromatic N) is 5. The molecular weight excluding hydrogens is 386 g/mol. The van der Waals surface area contributed by atoms with Crippen molar-refractivity contribution in [2.45, 2.75) is 57.0 Å². The molecule has 5 rings (SSSR count). The van der Waals surface area contributed by atoms with E-state index in [1.54, 1.807) is 22.8 Å². The van der Waals surface area contributed by atoms with Crippen molar-refractivity contribution in [2.75, 3.05) is 0 Å². The van der Waals surface area contributed by atoms with Gasteiger partial charge in [0.1, 0.15) is 6.33 Å². The highest BCUT2D eigenvalue weighted by Crippen LogP contribution is 2.38. The molecular formula is C20H23N7O3. The Kier molecular flexibility index (Phi) is 4.89. The second-order valence-electron chi connectivity index (χ2n) is 8.04. The topological polar surface area (TPSA) is 127 Å². The second-order valence-corrected chi connectivity index (χ2v) is 8.04. The van der Waals surface area contributed by atoms with Crippen LogP contribution in [0.4, 0.5) is 0 Å². The standard InChI is InChI=1S/C20H23N7O3/c28-19(21-10-17-25-18(26-30-17)12-1-2-12)13-3-5-15(6-4-13)24-20(29)14-7-8-27-16(9-14)22-11-23-27/h7-9,11-13,15H,1-6,10H2,(H,21,28)(H,24,29). The maximum Gasteiger partial charge on any atom is 0.251 e. The minimum absolute atomic E-state index is 0.00297. The van der Waals surface area contributed by atoms with Gasteiger partial charge in [-0.15, -0.1) is 0 Å². The fourth-order valence-electron chi connectivity index (χ4n) is 3.88. The normalized spacial score (nSPS) is 21.5. The molecule has 2 fully saturated rings. The van der Waals surface area contributed by atoms with Crippen molar-refractivity contribution < 1.29 is 14.1 Å². The third kappa shape index (κ3) is 4.03. The third-order valence-electron chi connectivity index (χ3n) is 5.82. The molecule has 0 radical (unpaired) electrons. The SMILES string of the molecule is O=C(NC1CCC(C(=O)NCc2nc(C3CC3)no2)CC1)c1ccn2ncnc2c1. The van der Waals surface area contributed by atoms with E-state index in [0.29, 0.717) is 23.0 Å². The summed E-state index contributed by atoms with van der Waals surface area (Å²) in [4.78, 5) is 33.4. The van der Waals surface area contributed by atoms with Gasteiger partial charge in [-0.3, -0.25) is 9.59 Å². The van der Waals surface area contributed by atoms with Crippen LogP contribution in [0.2, 0.25) is 0 Å². The Morgan fingerprint density at radius 1 is 1.17 bits per heavy atom. The van der Waals surface area contributed by atoms with Crippen molar-refractivity contribution in [2.24, 2.45) is 5.92 Å². The number of aromatic nitrogens is 5. The number of pyridine rings is 1. The molecule has 10 nitrogen and oxygen atoms in total. The first-order valence-corrected chi connectivity index (χ1v) is 10.4. The largest absolute Gasteiger partial charge is 0.349 e. The lowest BCUT2D eigenvalue weighted by Crippen LogP contribution is -2.40. The van der Waals surface area contributed by atoms with Crippen molar-refractivity contribution >= 4 is 17.5 Å². The molecule has 2 aliphatic rings. The molecule has 3 aromatic rings. The van der Waals surface area contributed by atoms with Gasteiger partial charge in [-0.05, 0) is 50.7 Å². The Hall–Kier alpha value is -3.30. The number of amides is 2. The maximum absolute atomic E-state index is 12.5. The maximum atomic E-state index is 12.5. The lowest BCUT2D eigenvalue weighted by molar-refractivity contribution is -0.126. The predicted molar refractivity (Wildman–Crippen MR) is 104 cm³/mol. The smallest absolute Gasteiger partial charge is 0.251 e. The first-order chi connectivity index (χ1) is 14.7. The van der Waals surface area contributed by atoms with Crippen LogP contribution in [0.15, 0.2) is 29.2 Å². The molecule has 156 valence electrons. The Balaban J connectivity index is 1.08. The molecule has 0 aliphatic heterocycles. The fraction of sp³-hybridized carbons (Fsp3) is 0.500. The number of rotatable bonds is 6. The van der Waals surface area contributed by atoms with Crippen LogP contribution < -0.4 is 10.6 Å². The molecule has 0 atom stereocenters. The van der Waals surface area contributed by atoms with Gasteiger partial charge in [-0.25, -0.2) is 9.50 Å². The summed E-state index contributed by atoms with van der Waals surface area (Å²) in [6.45, 7) is 0.264. The third-order valence-corrected chi connectivity index (χ3v) is 5.82. The zero-order valence-electron chi connectivity index (χ0n) is 16.5. The lowest BCUT2D eigenvalue weighted by atomic mass is 9.85. The van der Waals surface area contributed by atoms with E-state index in [2.05, 4.69) is 30.9 Å². The summed E-state index contributed by atoms with van der Waals surface area (Å²) in [5, 5.41) is 14.0. The molecule has 0 aromatic carbocycles. The van der Waals surface area contributed by atoms with Gasteiger partial charge in [0.05, 0.1) is 6.54 Å². The van der Waals surface area contributed by atoms with Crippen molar-refractivity contribution in [3.05, 3.63) is 41.9 Å². The van der Waals surface area contributed by atoms with E-state index in [4.69, 9.17) is 4.52 Å². The highest BCUT2D eigenvalue weighted by Gasteiger charge is 2.30. The average molecular weight is 409 g/mol. The molecule has 2 amide bonds. The predicted octanol–water partition coefficient (Wildman–Crippen LogP) is 1.59. The Bertz CT molecular complexity index is 1060. The first kappa shape index (κ1) is 18.7. The van der Waals surface area contributed by atoms with Crippen LogP contribution in [-0.2, 0) is 11.3 Å². The molecule has 0 saturated heterocycles. The van der Waals surface area contributed by atoms with Crippen LogP contribution >= 0.6 is 0 Å². The fourth-order valence-corrected chi connectivity index (χ4v) is 3.88. The summed E-state index contributed by atoms with van der Waals surface area (Å²) in [6, 6.07) is 3.50. The first-order valence-electron chi connectivity index (χ1n) is 10.4. The molecule has 10 heteroatoms. The number of fused-ring (bicyclic) bond motifs is 1. The molecule has 3 aromatic heterocycles. The number of nitrogens with one attached hydrogen (secondary N) is 2. The molecule has 0 spiro atoms. The molecule has 2 N–H and O–H groups in total. The molecule has 2 aliphatic carbocycles. The van der Waals surface area contributed by atoms with Gasteiger partial charge >= 0.3 is 0 Å².